The van der Waals surface area contributed by atoms with Crippen LogP contribution in [0.15, 0.2) is 41.6 Å². The van der Waals surface area contributed by atoms with Crippen molar-refractivity contribution in [3.63, 3.8) is 0 Å². The highest BCUT2D eigenvalue weighted by molar-refractivity contribution is 8.01. The fraction of sp³-hybridized carbons (Fsp3) is 0.333. The number of halogens is 5. The Morgan fingerprint density at radius 2 is 1.94 bits per heavy atom. The molecule has 2 saturated heterocycles. The van der Waals surface area contributed by atoms with Crippen LogP contribution in [0.25, 0.3) is 0 Å². The van der Waals surface area contributed by atoms with Gasteiger partial charge in [-0.3, -0.25) is 4.79 Å². The maximum Gasteiger partial charge on any atom is 0.435 e. The van der Waals surface area contributed by atoms with Gasteiger partial charge in [-0.1, -0.05) is 34.4 Å². The van der Waals surface area contributed by atoms with E-state index in [1.54, 1.807) is 36.9 Å². The van der Waals surface area contributed by atoms with E-state index in [1.807, 2.05) is 0 Å². The number of epoxide rings is 1. The van der Waals surface area contributed by atoms with Crippen LogP contribution in [0.3, 0.4) is 0 Å². The molecular formula is C21H15Cl2F3N2O3S. The Morgan fingerprint density at radius 1 is 1.22 bits per heavy atom. The third kappa shape index (κ3) is 3.46. The van der Waals surface area contributed by atoms with E-state index >= 15 is 0 Å². The number of hydrogen-bond donors (Lipinski definition) is 1. The number of ether oxygens (including phenoxy) is 1. The molecule has 1 N–H and O–H groups in total. The van der Waals surface area contributed by atoms with Gasteiger partial charge < -0.3 is 14.9 Å². The van der Waals surface area contributed by atoms with Crippen molar-refractivity contribution in [1.29, 1.82) is 0 Å². The first-order valence-electron chi connectivity index (χ1n) is 9.54. The van der Waals surface area contributed by atoms with Gasteiger partial charge in [0.15, 0.2) is 11.2 Å². The summed E-state index contributed by atoms with van der Waals surface area (Å²) < 4.78 is 47.9. The molecule has 1 unspecified atom stereocenters. The standard InChI is InChI=1S/C21H15Cl2F3N2O3S/c1-10-4-11(2-3-15(10)17(29)27-20-9-32-18(20)30-20)16-8-19(31-28-16,21(24,25)26)12-5-13(22)7-14(23)6-12/h2-7,18H,8-9H2,1H3,(H,27,29)/t18-,19?,20-/m0/s1. The number of carbonyl (C=O) groups excluding carboxylic acids is 1. The van der Waals surface area contributed by atoms with Crippen molar-refractivity contribution in [3.8, 4) is 0 Å². The van der Waals surface area contributed by atoms with E-state index in [0.29, 0.717) is 22.4 Å². The van der Waals surface area contributed by atoms with Crippen LogP contribution in [-0.2, 0) is 15.2 Å². The van der Waals surface area contributed by atoms with E-state index in [4.69, 9.17) is 32.8 Å². The van der Waals surface area contributed by atoms with Crippen molar-refractivity contribution < 1.29 is 27.5 Å². The van der Waals surface area contributed by atoms with E-state index in [1.165, 1.54) is 18.2 Å². The quantitative estimate of drug-likeness (QED) is 0.567. The van der Waals surface area contributed by atoms with Gasteiger partial charge >= 0.3 is 6.18 Å². The lowest BCUT2D eigenvalue weighted by Crippen LogP contribution is -2.46. The number of alkyl halides is 3. The zero-order valence-electron chi connectivity index (χ0n) is 16.4. The summed E-state index contributed by atoms with van der Waals surface area (Å²) in [6.07, 6.45) is -5.34. The SMILES string of the molecule is Cc1cc(C2=NOC(c3cc(Cl)cc(Cl)c3)(C(F)(F)F)C2)ccc1C(=O)N[C@]12CS[C@@H]1O2. The van der Waals surface area contributed by atoms with Crippen LogP contribution in [0.2, 0.25) is 10.0 Å². The zero-order valence-corrected chi connectivity index (χ0v) is 18.8. The molecule has 11 heteroatoms. The molecule has 2 fully saturated rings. The Balaban J connectivity index is 1.41. The number of nitrogens with one attached hydrogen (secondary N) is 1. The Morgan fingerprint density at radius 3 is 2.47 bits per heavy atom. The molecule has 0 aliphatic carbocycles. The summed E-state index contributed by atoms with van der Waals surface area (Å²) in [5, 5.41) is 6.74. The van der Waals surface area contributed by atoms with Crippen LogP contribution in [-0.4, -0.2) is 34.7 Å². The first-order chi connectivity index (χ1) is 15.0. The predicted octanol–water partition coefficient (Wildman–Crippen LogP) is 5.41. The minimum Gasteiger partial charge on any atom is -0.374 e. The van der Waals surface area contributed by atoms with Crippen molar-refractivity contribution in [2.24, 2.45) is 5.16 Å². The second kappa shape index (κ2) is 7.28. The van der Waals surface area contributed by atoms with Crippen molar-refractivity contribution in [2.45, 2.75) is 36.3 Å². The molecule has 5 nitrogen and oxygen atoms in total. The summed E-state index contributed by atoms with van der Waals surface area (Å²) >= 11 is 13.5. The van der Waals surface area contributed by atoms with Gasteiger partial charge in [-0.2, -0.15) is 13.2 Å². The summed E-state index contributed by atoms with van der Waals surface area (Å²) in [4.78, 5) is 17.6. The summed E-state index contributed by atoms with van der Waals surface area (Å²) in [5.74, 6) is 0.404. The minimum absolute atomic E-state index is 0.00603. The van der Waals surface area contributed by atoms with Crippen LogP contribution in [0.4, 0.5) is 13.2 Å². The highest BCUT2D eigenvalue weighted by Gasteiger charge is 2.66. The fourth-order valence-corrected chi connectivity index (χ4v) is 5.43. The van der Waals surface area contributed by atoms with Crippen molar-refractivity contribution in [2.75, 3.05) is 5.75 Å². The molecule has 0 spiro atoms. The number of thioether (sulfide) groups is 1. The molecule has 0 aromatic heterocycles. The van der Waals surface area contributed by atoms with Crippen LogP contribution >= 0.6 is 35.0 Å². The Hall–Kier alpha value is -1.94. The molecular weight excluding hydrogens is 488 g/mol. The van der Waals surface area contributed by atoms with Gasteiger partial charge in [0.2, 0.25) is 0 Å². The molecule has 1 amide bonds. The van der Waals surface area contributed by atoms with E-state index in [2.05, 4.69) is 10.5 Å². The maximum atomic E-state index is 14.2. The van der Waals surface area contributed by atoms with Crippen LogP contribution < -0.4 is 5.32 Å². The Bertz CT molecular complexity index is 1150. The largest absolute Gasteiger partial charge is 0.435 e. The van der Waals surface area contributed by atoms with Gasteiger partial charge in [0.1, 0.15) is 0 Å². The normalized spacial score (nSPS) is 28.3. The highest BCUT2D eigenvalue weighted by Crippen LogP contribution is 2.54. The number of carbonyl (C=O) groups is 1. The third-order valence-corrected chi connectivity index (χ3v) is 7.55. The molecule has 3 heterocycles. The van der Waals surface area contributed by atoms with Gasteiger partial charge in [-0.15, -0.1) is 11.8 Å². The van der Waals surface area contributed by atoms with Crippen LogP contribution in [0.5, 0.6) is 0 Å². The molecule has 32 heavy (non-hydrogen) atoms. The lowest BCUT2D eigenvalue weighted by atomic mass is 9.86. The average molecular weight is 503 g/mol. The second-order valence-electron chi connectivity index (χ2n) is 7.92. The molecule has 2 aromatic carbocycles. The van der Waals surface area contributed by atoms with Gasteiger partial charge in [0.05, 0.1) is 5.71 Å². The number of aryl methyl sites for hydroxylation is 1. The van der Waals surface area contributed by atoms with Gasteiger partial charge in [-0.05, 0) is 48.4 Å². The van der Waals surface area contributed by atoms with E-state index in [9.17, 15) is 18.0 Å². The Kier molecular flexibility index (Phi) is 4.98. The van der Waals surface area contributed by atoms with E-state index in [0.717, 1.165) is 0 Å². The summed E-state index contributed by atoms with van der Waals surface area (Å²) in [7, 11) is 0. The van der Waals surface area contributed by atoms with Crippen LogP contribution in [0, 0.1) is 6.92 Å². The van der Waals surface area contributed by atoms with E-state index in [-0.39, 0.29) is 32.7 Å². The fourth-order valence-electron chi connectivity index (χ4n) is 3.86. The third-order valence-electron chi connectivity index (χ3n) is 5.73. The summed E-state index contributed by atoms with van der Waals surface area (Å²) in [6, 6.07) is 8.42. The molecule has 2 aromatic rings. The monoisotopic (exact) mass is 502 g/mol. The molecule has 3 aliphatic heterocycles. The average Bonchev–Trinajstić information content (AvgIpc) is 3.06. The van der Waals surface area contributed by atoms with Crippen molar-refractivity contribution in [3.05, 3.63) is 68.7 Å². The number of hydrogen-bond acceptors (Lipinski definition) is 5. The first kappa shape index (κ1) is 21.9. The highest BCUT2D eigenvalue weighted by atomic mass is 35.5. The molecule has 3 aliphatic rings. The van der Waals surface area contributed by atoms with Crippen molar-refractivity contribution in [1.82, 2.24) is 5.32 Å². The summed E-state index contributed by atoms with van der Waals surface area (Å²) in [5.41, 5.74) is -1.96. The first-order valence-corrected chi connectivity index (χ1v) is 11.3. The molecule has 3 atom stereocenters. The maximum absolute atomic E-state index is 14.2. The minimum atomic E-state index is -4.78. The number of rotatable bonds is 4. The topological polar surface area (TPSA) is 63.2 Å². The zero-order chi connectivity index (χ0) is 22.9. The van der Waals surface area contributed by atoms with Gasteiger partial charge in [0, 0.05) is 33.3 Å². The number of amides is 1. The predicted molar refractivity (Wildman–Crippen MR) is 115 cm³/mol. The number of fused-ring (bicyclic) bond motifs is 1. The van der Waals surface area contributed by atoms with Crippen LogP contribution in [0.1, 0.15) is 33.5 Å². The lowest BCUT2D eigenvalue weighted by Gasteiger charge is -2.29. The van der Waals surface area contributed by atoms with Crippen molar-refractivity contribution >= 4 is 46.6 Å². The second-order valence-corrected chi connectivity index (χ2v) is 9.85. The van der Waals surface area contributed by atoms with Gasteiger partial charge in [-0.25, -0.2) is 0 Å². The number of nitrogens with zero attached hydrogens (tertiary/aromatic N) is 1. The van der Waals surface area contributed by atoms with Gasteiger partial charge in [0.25, 0.3) is 11.5 Å². The number of oxime groups is 1. The van der Waals surface area contributed by atoms with E-state index < -0.39 is 23.9 Å². The molecule has 168 valence electrons. The molecule has 5 rings (SSSR count). The molecule has 0 saturated carbocycles. The lowest BCUT2D eigenvalue weighted by molar-refractivity contribution is -0.275. The smallest absolute Gasteiger partial charge is 0.374 e. The Labute approximate surface area is 195 Å². The molecule has 0 radical (unpaired) electrons. The summed E-state index contributed by atoms with van der Waals surface area (Å²) in [6.45, 7) is 1.71. The number of benzene rings is 2. The molecule has 0 bridgehead atoms.